The second-order valence-electron chi connectivity index (χ2n) is 12.3. The van der Waals surface area contributed by atoms with Crippen LogP contribution in [0.25, 0.3) is 0 Å². The summed E-state index contributed by atoms with van der Waals surface area (Å²) in [5.74, 6) is 0.913. The molecule has 1 amide bonds. The van der Waals surface area contributed by atoms with Gasteiger partial charge in [0.25, 0.3) is 5.91 Å². The predicted molar refractivity (Wildman–Crippen MR) is 152 cm³/mol. The molecule has 2 aliphatic heterocycles. The minimum Gasteiger partial charge on any atom is -0.497 e. The molecule has 0 saturated carbocycles. The summed E-state index contributed by atoms with van der Waals surface area (Å²) in [4.78, 5) is 20.3. The van der Waals surface area contributed by atoms with E-state index in [-0.39, 0.29) is 28.4 Å². The average molecular weight is 561 g/mol. The molecule has 39 heavy (non-hydrogen) atoms. The summed E-state index contributed by atoms with van der Waals surface area (Å²) in [6.45, 7) is 15.7. The van der Waals surface area contributed by atoms with Crippen LogP contribution >= 0.6 is 0 Å². The van der Waals surface area contributed by atoms with Gasteiger partial charge in [0.05, 0.1) is 24.1 Å². The van der Waals surface area contributed by atoms with Crippen molar-refractivity contribution >= 4 is 15.9 Å². The Bertz CT molecular complexity index is 1270. The van der Waals surface area contributed by atoms with Crippen LogP contribution in [0.15, 0.2) is 33.8 Å². The standard InChI is InChI=1S/C29H44N4O5S/c1-20-13-24(37-8)14-21(2)26(20)39(35,36)30-18-25-15-22(19-38-25)27(34)33-11-9-32(10-12-33)23-16-28(3,4)31(7)29(5,6)17-23/h13-15,19,23,30H,9-12,16-18H2,1-8H3. The lowest BCUT2D eigenvalue weighted by Gasteiger charge is -2.56. The first-order valence-electron chi connectivity index (χ1n) is 13.6. The van der Waals surface area contributed by atoms with E-state index in [2.05, 4.69) is 49.3 Å². The zero-order valence-corrected chi connectivity index (χ0v) is 25.4. The zero-order valence-electron chi connectivity index (χ0n) is 24.6. The molecule has 0 unspecified atom stereocenters. The first-order valence-corrected chi connectivity index (χ1v) is 15.1. The zero-order chi connectivity index (χ0) is 28.8. The van der Waals surface area contributed by atoms with Gasteiger partial charge in [0.2, 0.25) is 10.0 Å². The third-order valence-electron chi connectivity index (χ3n) is 8.68. The van der Waals surface area contributed by atoms with E-state index in [9.17, 15) is 13.2 Å². The Labute approximate surface area is 233 Å². The highest BCUT2D eigenvalue weighted by molar-refractivity contribution is 7.89. The molecule has 2 aliphatic rings. The summed E-state index contributed by atoms with van der Waals surface area (Å²) < 4.78 is 39.4. The number of piperidine rings is 1. The van der Waals surface area contributed by atoms with Gasteiger partial charge in [-0.2, -0.15) is 0 Å². The van der Waals surface area contributed by atoms with Gasteiger partial charge in [-0.15, -0.1) is 0 Å². The molecule has 1 N–H and O–H groups in total. The van der Waals surface area contributed by atoms with Gasteiger partial charge in [0.15, 0.2) is 0 Å². The summed E-state index contributed by atoms with van der Waals surface area (Å²) >= 11 is 0. The maximum atomic E-state index is 13.2. The monoisotopic (exact) mass is 560 g/mol. The molecular formula is C29H44N4O5S. The van der Waals surface area contributed by atoms with Crippen LogP contribution in [-0.2, 0) is 16.6 Å². The van der Waals surface area contributed by atoms with Gasteiger partial charge >= 0.3 is 0 Å². The van der Waals surface area contributed by atoms with Crippen molar-refractivity contribution in [1.29, 1.82) is 0 Å². The maximum absolute atomic E-state index is 13.2. The highest BCUT2D eigenvalue weighted by Crippen LogP contribution is 2.39. The lowest BCUT2D eigenvalue weighted by atomic mass is 9.77. The predicted octanol–water partition coefficient (Wildman–Crippen LogP) is 3.79. The Morgan fingerprint density at radius 2 is 1.59 bits per heavy atom. The quantitative estimate of drug-likeness (QED) is 0.551. The molecule has 3 heterocycles. The SMILES string of the molecule is COc1cc(C)c(S(=O)(=O)NCc2cc(C(=O)N3CCN(C4CC(C)(C)N(C)C(C)(C)C4)CC3)co2)c(C)c1. The number of nitrogens with zero attached hydrogens (tertiary/aromatic N) is 3. The number of hydrogen-bond acceptors (Lipinski definition) is 7. The van der Waals surface area contributed by atoms with Crippen molar-refractivity contribution in [3.05, 3.63) is 46.9 Å². The van der Waals surface area contributed by atoms with Crippen LogP contribution in [0.1, 0.15) is 67.8 Å². The van der Waals surface area contributed by atoms with Crippen LogP contribution in [0.5, 0.6) is 5.75 Å². The van der Waals surface area contributed by atoms with Crippen molar-refractivity contribution in [3.63, 3.8) is 0 Å². The largest absolute Gasteiger partial charge is 0.497 e. The van der Waals surface area contributed by atoms with Gasteiger partial charge in [-0.1, -0.05) is 0 Å². The fourth-order valence-electron chi connectivity index (χ4n) is 6.33. The maximum Gasteiger partial charge on any atom is 0.257 e. The van der Waals surface area contributed by atoms with E-state index in [1.54, 1.807) is 39.2 Å². The lowest BCUT2D eigenvalue weighted by Crippen LogP contribution is -2.64. The van der Waals surface area contributed by atoms with Crippen molar-refractivity contribution in [2.45, 2.75) is 82.9 Å². The molecule has 0 atom stereocenters. The number of benzene rings is 1. The van der Waals surface area contributed by atoms with E-state index in [0.29, 0.717) is 47.3 Å². The first kappa shape index (κ1) is 29.6. The minimum atomic E-state index is -3.78. The van der Waals surface area contributed by atoms with E-state index in [1.807, 2.05) is 4.90 Å². The Balaban J connectivity index is 1.34. The summed E-state index contributed by atoms with van der Waals surface area (Å²) in [5, 5.41) is 0. The van der Waals surface area contributed by atoms with Gasteiger partial charge in [-0.3, -0.25) is 14.6 Å². The fourth-order valence-corrected chi connectivity index (χ4v) is 7.77. The van der Waals surface area contributed by atoms with E-state index in [0.717, 1.165) is 25.9 Å². The number of piperazine rings is 1. The minimum absolute atomic E-state index is 0.0456. The molecule has 0 bridgehead atoms. The van der Waals surface area contributed by atoms with E-state index in [4.69, 9.17) is 9.15 Å². The summed E-state index contributed by atoms with van der Waals surface area (Å²) in [7, 11) is -0.0136. The normalized spacial score (nSPS) is 20.8. The van der Waals surface area contributed by atoms with Crippen molar-refractivity contribution in [2.75, 3.05) is 40.3 Å². The number of hydrogen-bond donors (Lipinski definition) is 1. The molecule has 2 aromatic rings. The Hall–Kier alpha value is -2.40. The van der Waals surface area contributed by atoms with E-state index < -0.39 is 10.0 Å². The molecule has 216 valence electrons. The summed E-state index contributed by atoms with van der Waals surface area (Å²) in [5.41, 5.74) is 1.89. The second kappa shape index (κ2) is 10.9. The molecule has 2 saturated heterocycles. The highest BCUT2D eigenvalue weighted by atomic mass is 32.2. The topological polar surface area (TPSA) is 95.3 Å². The van der Waals surface area contributed by atoms with Gasteiger partial charge < -0.3 is 14.1 Å². The highest BCUT2D eigenvalue weighted by Gasteiger charge is 2.45. The Morgan fingerprint density at radius 3 is 2.13 bits per heavy atom. The average Bonchev–Trinajstić information content (AvgIpc) is 3.34. The number of rotatable bonds is 7. The van der Waals surface area contributed by atoms with E-state index >= 15 is 0 Å². The number of sulfonamides is 1. The molecule has 0 spiro atoms. The summed E-state index contributed by atoms with van der Waals surface area (Å²) in [6.07, 6.45) is 3.64. The number of nitrogens with one attached hydrogen (secondary N) is 1. The van der Waals surface area contributed by atoms with Crippen LogP contribution in [-0.4, -0.2) is 86.5 Å². The van der Waals surface area contributed by atoms with Crippen molar-refractivity contribution in [3.8, 4) is 5.75 Å². The van der Waals surface area contributed by atoms with Gasteiger partial charge in [0, 0.05) is 43.3 Å². The smallest absolute Gasteiger partial charge is 0.257 e. The molecule has 9 nitrogen and oxygen atoms in total. The van der Waals surface area contributed by atoms with Gasteiger partial charge in [0.1, 0.15) is 17.8 Å². The van der Waals surface area contributed by atoms with Crippen LogP contribution in [0.3, 0.4) is 0 Å². The van der Waals surface area contributed by atoms with E-state index in [1.165, 1.54) is 6.26 Å². The van der Waals surface area contributed by atoms with Crippen LogP contribution in [0.2, 0.25) is 0 Å². The molecular weight excluding hydrogens is 516 g/mol. The van der Waals surface area contributed by atoms with Gasteiger partial charge in [-0.05, 0) is 90.8 Å². The number of likely N-dealkylation sites (tertiary alicyclic amines) is 1. The van der Waals surface area contributed by atoms with Crippen LogP contribution < -0.4 is 9.46 Å². The van der Waals surface area contributed by atoms with Crippen LogP contribution in [0.4, 0.5) is 0 Å². The Morgan fingerprint density at radius 1 is 1.03 bits per heavy atom. The number of methoxy groups -OCH3 is 1. The molecule has 0 aliphatic carbocycles. The molecule has 1 aromatic heterocycles. The number of furan rings is 1. The Kier molecular flexibility index (Phi) is 8.25. The molecule has 1 aromatic carbocycles. The molecule has 4 rings (SSSR count). The fraction of sp³-hybridized carbons (Fsp3) is 0.621. The molecule has 2 fully saturated rings. The second-order valence-corrected chi connectivity index (χ2v) is 14.0. The third-order valence-corrected chi connectivity index (χ3v) is 10.4. The number of carbonyl (C=O) groups is 1. The van der Waals surface area contributed by atoms with Gasteiger partial charge in [-0.25, -0.2) is 13.1 Å². The molecule has 0 radical (unpaired) electrons. The van der Waals surface area contributed by atoms with Crippen molar-refractivity contribution in [1.82, 2.24) is 19.4 Å². The number of aryl methyl sites for hydroxylation is 2. The van der Waals surface area contributed by atoms with Crippen LogP contribution in [0, 0.1) is 13.8 Å². The lowest BCUT2D eigenvalue weighted by molar-refractivity contribution is -0.0544. The van der Waals surface area contributed by atoms with Crippen molar-refractivity contribution in [2.24, 2.45) is 0 Å². The third kappa shape index (κ3) is 6.19. The summed E-state index contributed by atoms with van der Waals surface area (Å²) in [6, 6.07) is 5.52. The number of ether oxygens (including phenoxy) is 1. The van der Waals surface area contributed by atoms with Crippen molar-refractivity contribution < 1.29 is 22.4 Å². The molecule has 10 heteroatoms. The number of amides is 1. The number of carbonyl (C=O) groups excluding carboxylic acids is 1. The first-order chi connectivity index (χ1) is 18.1.